The summed E-state index contributed by atoms with van der Waals surface area (Å²) in [6.07, 6.45) is 4.37. The molecule has 0 radical (unpaired) electrons. The Kier molecular flexibility index (Phi) is 5.18. The molecule has 4 aromatic carbocycles. The third kappa shape index (κ3) is 3.49. The van der Waals surface area contributed by atoms with Gasteiger partial charge in [-0.05, 0) is 81.6 Å². The molecule has 0 amide bonds. The monoisotopic (exact) mass is 476 g/mol. The fourth-order valence-electron chi connectivity index (χ4n) is 6.67. The molecule has 0 saturated carbocycles. The van der Waals surface area contributed by atoms with E-state index in [0.717, 1.165) is 12.8 Å². The quantitative estimate of drug-likeness (QED) is 0.213. The van der Waals surface area contributed by atoms with Gasteiger partial charge in [0.25, 0.3) is 0 Å². The Labute approximate surface area is 219 Å². The van der Waals surface area contributed by atoms with Gasteiger partial charge in [0, 0.05) is 18.6 Å². The van der Waals surface area contributed by atoms with Crippen LogP contribution in [-0.2, 0) is 6.42 Å². The van der Waals surface area contributed by atoms with Crippen LogP contribution in [0.5, 0.6) is 0 Å². The highest BCUT2D eigenvalue weighted by Crippen LogP contribution is 2.50. The normalized spacial score (nSPS) is 17.7. The van der Waals surface area contributed by atoms with Gasteiger partial charge in [-0.3, -0.25) is 0 Å². The van der Waals surface area contributed by atoms with E-state index in [1.165, 1.54) is 61.3 Å². The van der Waals surface area contributed by atoms with Crippen LogP contribution in [0, 0.1) is 6.92 Å². The molecule has 1 heteroatoms. The Morgan fingerprint density at radius 1 is 0.676 bits per heavy atom. The average molecular weight is 477 g/mol. The van der Waals surface area contributed by atoms with Gasteiger partial charge in [-0.15, -0.1) is 0 Å². The molecule has 1 nitrogen and oxygen atoms in total. The molecular weight excluding hydrogens is 446 g/mol. The third-order valence-electron chi connectivity index (χ3n) is 8.39. The molecule has 0 bridgehead atoms. The number of benzene rings is 4. The highest BCUT2D eigenvalue weighted by atomic mass is 15.0. The molecule has 5 aromatic rings. The van der Waals surface area contributed by atoms with Gasteiger partial charge >= 0.3 is 0 Å². The minimum Gasteiger partial charge on any atom is -0.195 e. The van der Waals surface area contributed by atoms with Crippen molar-refractivity contribution in [3.63, 3.8) is 0 Å². The zero-order chi connectivity index (χ0) is 24.9. The summed E-state index contributed by atoms with van der Waals surface area (Å²) in [6.45, 7) is 7.12. The molecule has 0 fully saturated rings. The van der Waals surface area contributed by atoms with Crippen LogP contribution >= 0.6 is 0 Å². The third-order valence-corrected chi connectivity index (χ3v) is 8.39. The molecular formula is C36H30N+. The van der Waals surface area contributed by atoms with Crippen molar-refractivity contribution in [2.24, 2.45) is 0 Å². The topological polar surface area (TPSA) is 3.88 Å². The fourth-order valence-corrected chi connectivity index (χ4v) is 6.67. The standard InChI is InChI=1S/C36H30N/c1-24-22-33-28-15-7-6-14-27(28)19-20-35-36(25(2)32(33)23-31(24)26-12-4-3-5-13-26)30-17-9-8-16-29(30)34-18-10-11-21-37(34)35/h3-18,21-23,35-36H,2,19-20H2,1H3/q+1. The number of aromatic nitrogens is 1. The Morgan fingerprint density at radius 3 is 2.27 bits per heavy atom. The number of aryl methyl sites for hydroxylation is 2. The first-order valence-electron chi connectivity index (χ1n) is 13.3. The molecule has 2 heterocycles. The predicted molar refractivity (Wildman–Crippen MR) is 153 cm³/mol. The number of nitrogens with zero attached hydrogens (tertiary/aromatic N) is 1. The number of hydrogen-bond donors (Lipinski definition) is 0. The van der Waals surface area contributed by atoms with E-state index < -0.39 is 0 Å². The lowest BCUT2D eigenvalue weighted by molar-refractivity contribution is -0.716. The van der Waals surface area contributed by atoms with Crippen molar-refractivity contribution >= 4 is 5.57 Å². The number of rotatable bonds is 1. The van der Waals surface area contributed by atoms with Gasteiger partial charge in [0.1, 0.15) is 0 Å². The second-order valence-corrected chi connectivity index (χ2v) is 10.4. The molecule has 2 unspecified atom stereocenters. The molecule has 2 atom stereocenters. The van der Waals surface area contributed by atoms with Crippen LogP contribution in [0.25, 0.3) is 39.1 Å². The first-order chi connectivity index (χ1) is 18.2. The van der Waals surface area contributed by atoms with E-state index in [2.05, 4.69) is 127 Å². The van der Waals surface area contributed by atoms with Gasteiger partial charge in [-0.25, -0.2) is 0 Å². The van der Waals surface area contributed by atoms with Crippen molar-refractivity contribution in [2.75, 3.05) is 0 Å². The first-order valence-corrected chi connectivity index (χ1v) is 13.3. The maximum Gasteiger partial charge on any atom is 0.213 e. The molecule has 2 aliphatic rings. The molecule has 1 aromatic heterocycles. The Morgan fingerprint density at radius 2 is 1.41 bits per heavy atom. The highest BCUT2D eigenvalue weighted by Gasteiger charge is 2.42. The largest absolute Gasteiger partial charge is 0.213 e. The Bertz CT molecular complexity index is 1660. The van der Waals surface area contributed by atoms with Crippen LogP contribution in [0.2, 0.25) is 0 Å². The molecule has 37 heavy (non-hydrogen) atoms. The molecule has 0 spiro atoms. The van der Waals surface area contributed by atoms with Crippen molar-refractivity contribution in [1.29, 1.82) is 0 Å². The van der Waals surface area contributed by atoms with E-state index in [4.69, 9.17) is 6.58 Å². The number of hydrogen-bond acceptors (Lipinski definition) is 0. The van der Waals surface area contributed by atoms with Crippen LogP contribution < -0.4 is 4.57 Å². The maximum atomic E-state index is 4.88. The molecule has 1 aliphatic carbocycles. The lowest BCUT2D eigenvalue weighted by Crippen LogP contribution is -2.47. The first kappa shape index (κ1) is 22.0. The van der Waals surface area contributed by atoms with E-state index in [9.17, 15) is 0 Å². The van der Waals surface area contributed by atoms with Gasteiger partial charge in [0.05, 0.1) is 11.5 Å². The van der Waals surface area contributed by atoms with Crippen LogP contribution in [0.15, 0.2) is 122 Å². The number of pyridine rings is 1. The highest BCUT2D eigenvalue weighted by molar-refractivity contribution is 5.89. The predicted octanol–water partition coefficient (Wildman–Crippen LogP) is 8.58. The van der Waals surface area contributed by atoms with Gasteiger partial charge in [0.2, 0.25) is 5.69 Å². The van der Waals surface area contributed by atoms with E-state index in [1.807, 2.05) is 0 Å². The van der Waals surface area contributed by atoms with Gasteiger partial charge < -0.3 is 0 Å². The van der Waals surface area contributed by atoms with Crippen LogP contribution in [-0.4, -0.2) is 0 Å². The van der Waals surface area contributed by atoms with Gasteiger partial charge in [-0.1, -0.05) is 85.4 Å². The molecule has 178 valence electrons. The molecule has 7 rings (SSSR count). The lowest BCUT2D eigenvalue weighted by Gasteiger charge is -2.32. The average Bonchev–Trinajstić information content (AvgIpc) is 3.00. The minimum atomic E-state index is 0.204. The second kappa shape index (κ2) is 8.71. The van der Waals surface area contributed by atoms with Crippen LogP contribution in [0.1, 0.15) is 40.6 Å². The summed E-state index contributed by atoms with van der Waals surface area (Å²) >= 11 is 0. The minimum absolute atomic E-state index is 0.204. The summed E-state index contributed by atoms with van der Waals surface area (Å²) in [5, 5.41) is 0. The summed E-state index contributed by atoms with van der Waals surface area (Å²) in [5.74, 6) is 0.204. The van der Waals surface area contributed by atoms with Crippen LogP contribution in [0.4, 0.5) is 0 Å². The Hall–Kier alpha value is -4.23. The SMILES string of the molecule is C=C1c2cc(-c3ccccc3)c(C)cc2-c2ccccc2CCC2C1c1ccccc1-c1cccc[n+]12. The number of fused-ring (bicyclic) bond motifs is 9. The zero-order valence-electron chi connectivity index (χ0n) is 21.2. The van der Waals surface area contributed by atoms with Crippen molar-refractivity contribution < 1.29 is 4.57 Å². The molecule has 0 N–H and O–H groups in total. The summed E-state index contributed by atoms with van der Waals surface area (Å²) in [5.41, 5.74) is 14.4. The van der Waals surface area contributed by atoms with Crippen molar-refractivity contribution in [1.82, 2.24) is 0 Å². The number of allylic oxidation sites excluding steroid dienone is 1. The van der Waals surface area contributed by atoms with Crippen LogP contribution in [0.3, 0.4) is 0 Å². The summed E-state index contributed by atoms with van der Waals surface area (Å²) in [7, 11) is 0. The molecule has 0 saturated heterocycles. The second-order valence-electron chi connectivity index (χ2n) is 10.4. The summed E-state index contributed by atoms with van der Waals surface area (Å²) in [6, 6.07) is 40.4. The van der Waals surface area contributed by atoms with E-state index in [1.54, 1.807) is 0 Å². The van der Waals surface area contributed by atoms with Crippen molar-refractivity contribution in [3.05, 3.63) is 144 Å². The Balaban J connectivity index is 1.52. The smallest absolute Gasteiger partial charge is 0.195 e. The van der Waals surface area contributed by atoms with Crippen molar-refractivity contribution in [2.45, 2.75) is 31.7 Å². The maximum absolute atomic E-state index is 4.88. The van der Waals surface area contributed by atoms with E-state index >= 15 is 0 Å². The zero-order valence-corrected chi connectivity index (χ0v) is 21.2. The van der Waals surface area contributed by atoms with Gasteiger partial charge in [0.15, 0.2) is 12.2 Å². The summed E-state index contributed by atoms with van der Waals surface area (Å²) < 4.78 is 2.51. The van der Waals surface area contributed by atoms with E-state index in [-0.39, 0.29) is 5.92 Å². The van der Waals surface area contributed by atoms with Gasteiger partial charge in [-0.2, -0.15) is 4.57 Å². The summed E-state index contributed by atoms with van der Waals surface area (Å²) in [4.78, 5) is 0. The lowest BCUT2D eigenvalue weighted by atomic mass is 9.74. The van der Waals surface area contributed by atoms with E-state index in [0.29, 0.717) is 6.04 Å². The molecule has 1 aliphatic heterocycles. The fraction of sp³-hybridized carbons (Fsp3) is 0.139. The van der Waals surface area contributed by atoms with Crippen molar-refractivity contribution in [3.8, 4) is 33.5 Å².